The van der Waals surface area contributed by atoms with Gasteiger partial charge in [0, 0.05) is 24.0 Å². The van der Waals surface area contributed by atoms with E-state index >= 15 is 0 Å². The van der Waals surface area contributed by atoms with Crippen molar-refractivity contribution in [2.24, 2.45) is 0 Å². The first-order chi connectivity index (χ1) is 17.4. The van der Waals surface area contributed by atoms with Gasteiger partial charge in [0.25, 0.3) is 5.91 Å². The normalized spacial score (nSPS) is 11.7. The van der Waals surface area contributed by atoms with E-state index in [2.05, 4.69) is 35.1 Å². The van der Waals surface area contributed by atoms with Gasteiger partial charge in [0.05, 0.1) is 0 Å². The lowest BCUT2D eigenvalue weighted by atomic mass is 10.0. The fourth-order valence-corrected chi connectivity index (χ4v) is 4.15. The molecule has 0 aliphatic heterocycles. The summed E-state index contributed by atoms with van der Waals surface area (Å²) in [7, 11) is 0. The number of rotatable bonds is 12. The molecule has 0 aromatic heterocycles. The molecule has 0 heterocycles. The molecular formula is C30H35BrN2O3. The highest BCUT2D eigenvalue weighted by molar-refractivity contribution is 9.10. The van der Waals surface area contributed by atoms with Crippen LogP contribution in [0.5, 0.6) is 5.75 Å². The van der Waals surface area contributed by atoms with Crippen molar-refractivity contribution in [2.75, 3.05) is 13.2 Å². The summed E-state index contributed by atoms with van der Waals surface area (Å²) in [5.41, 5.74) is 3.14. The zero-order chi connectivity index (χ0) is 25.9. The fourth-order valence-electron chi connectivity index (χ4n) is 3.88. The smallest absolute Gasteiger partial charge is 0.261 e. The van der Waals surface area contributed by atoms with Crippen molar-refractivity contribution in [1.29, 1.82) is 0 Å². The van der Waals surface area contributed by atoms with Crippen molar-refractivity contribution < 1.29 is 14.3 Å². The van der Waals surface area contributed by atoms with Gasteiger partial charge in [0.1, 0.15) is 11.8 Å². The molecule has 5 nitrogen and oxygen atoms in total. The molecule has 3 aromatic rings. The first kappa shape index (κ1) is 27.5. The molecule has 3 aromatic carbocycles. The highest BCUT2D eigenvalue weighted by Gasteiger charge is 2.30. The van der Waals surface area contributed by atoms with Crippen molar-refractivity contribution in [2.45, 2.75) is 52.1 Å². The van der Waals surface area contributed by atoms with E-state index < -0.39 is 6.04 Å². The Hall–Kier alpha value is -3.12. The summed E-state index contributed by atoms with van der Waals surface area (Å²) in [4.78, 5) is 28.5. The Morgan fingerprint density at radius 2 is 1.58 bits per heavy atom. The molecule has 0 saturated carbocycles. The van der Waals surface area contributed by atoms with E-state index in [0.29, 0.717) is 31.2 Å². The van der Waals surface area contributed by atoms with Crippen LogP contribution in [0, 0.1) is 0 Å². The molecule has 0 unspecified atom stereocenters. The van der Waals surface area contributed by atoms with Crippen LogP contribution in [0.2, 0.25) is 0 Å². The molecule has 3 rings (SSSR count). The maximum Gasteiger partial charge on any atom is 0.261 e. The lowest BCUT2D eigenvalue weighted by Gasteiger charge is -2.31. The second-order valence-corrected chi connectivity index (χ2v) is 10.1. The minimum Gasteiger partial charge on any atom is -0.484 e. The third-order valence-electron chi connectivity index (χ3n) is 6.00. The van der Waals surface area contributed by atoms with Gasteiger partial charge in [-0.25, -0.2) is 0 Å². The Bertz CT molecular complexity index is 1100. The topological polar surface area (TPSA) is 58.6 Å². The molecule has 2 amide bonds. The number of carbonyl (C=O) groups excluding carboxylic acids is 2. The predicted octanol–water partition coefficient (Wildman–Crippen LogP) is 6.12. The Labute approximate surface area is 223 Å². The van der Waals surface area contributed by atoms with E-state index in [1.54, 1.807) is 4.90 Å². The number of benzene rings is 3. The molecule has 0 saturated heterocycles. The molecule has 0 spiro atoms. The van der Waals surface area contributed by atoms with E-state index in [1.165, 1.54) is 5.56 Å². The standard InChI is InChI=1S/C30H35BrN2O3/c1-4-18-32-30(35)28(19-23-8-6-5-7-9-23)33(20-24-10-14-26(31)15-11-24)29(34)21-36-27-16-12-25(13-17-27)22(2)3/h5-17,22,28H,4,18-21H2,1-3H3,(H,32,35)/t28-/m0/s1. The molecule has 0 aliphatic carbocycles. The van der Waals surface area contributed by atoms with Crippen LogP contribution < -0.4 is 10.1 Å². The van der Waals surface area contributed by atoms with Gasteiger partial charge in [-0.2, -0.15) is 0 Å². The molecule has 0 bridgehead atoms. The predicted molar refractivity (Wildman–Crippen MR) is 148 cm³/mol. The molecule has 36 heavy (non-hydrogen) atoms. The van der Waals surface area contributed by atoms with Crippen molar-refractivity contribution in [1.82, 2.24) is 10.2 Å². The van der Waals surface area contributed by atoms with E-state index in [4.69, 9.17) is 4.74 Å². The van der Waals surface area contributed by atoms with Crippen molar-refractivity contribution >= 4 is 27.7 Å². The van der Waals surface area contributed by atoms with E-state index in [1.807, 2.05) is 85.8 Å². The van der Waals surface area contributed by atoms with Crippen LogP contribution in [0.15, 0.2) is 83.3 Å². The van der Waals surface area contributed by atoms with Gasteiger partial charge in [0.2, 0.25) is 5.91 Å². The molecule has 1 N–H and O–H groups in total. The largest absolute Gasteiger partial charge is 0.484 e. The van der Waals surface area contributed by atoms with Gasteiger partial charge in [0.15, 0.2) is 6.61 Å². The molecular weight excluding hydrogens is 516 g/mol. The summed E-state index contributed by atoms with van der Waals surface area (Å²) in [5.74, 6) is 0.653. The van der Waals surface area contributed by atoms with Crippen LogP contribution in [-0.4, -0.2) is 35.9 Å². The van der Waals surface area contributed by atoms with E-state index in [-0.39, 0.29) is 18.4 Å². The number of amides is 2. The van der Waals surface area contributed by atoms with Gasteiger partial charge in [-0.1, -0.05) is 91.3 Å². The van der Waals surface area contributed by atoms with Crippen molar-refractivity contribution in [3.63, 3.8) is 0 Å². The van der Waals surface area contributed by atoms with Gasteiger partial charge < -0.3 is 15.0 Å². The number of hydrogen-bond donors (Lipinski definition) is 1. The molecule has 0 radical (unpaired) electrons. The number of halogens is 1. The van der Waals surface area contributed by atoms with Crippen LogP contribution in [-0.2, 0) is 22.6 Å². The van der Waals surface area contributed by atoms with Gasteiger partial charge >= 0.3 is 0 Å². The summed E-state index contributed by atoms with van der Waals surface area (Å²) >= 11 is 3.47. The monoisotopic (exact) mass is 550 g/mol. The van der Waals surface area contributed by atoms with Gasteiger partial charge in [-0.15, -0.1) is 0 Å². The minimum atomic E-state index is -0.665. The SMILES string of the molecule is CCCNC(=O)[C@H](Cc1ccccc1)N(Cc1ccc(Br)cc1)C(=O)COc1ccc(C(C)C)cc1. The summed E-state index contributed by atoms with van der Waals surface area (Å²) in [6.45, 7) is 6.99. The van der Waals surface area contributed by atoms with Crippen LogP contribution in [0.25, 0.3) is 0 Å². The zero-order valence-electron chi connectivity index (χ0n) is 21.2. The fraction of sp³-hybridized carbons (Fsp3) is 0.333. The van der Waals surface area contributed by atoms with Crippen LogP contribution in [0.3, 0.4) is 0 Å². The second kappa shape index (κ2) is 13.8. The van der Waals surface area contributed by atoms with Gasteiger partial charge in [-0.05, 0) is 53.3 Å². The Balaban J connectivity index is 1.85. The Morgan fingerprint density at radius 1 is 0.917 bits per heavy atom. The number of carbonyl (C=O) groups is 2. The zero-order valence-corrected chi connectivity index (χ0v) is 22.8. The van der Waals surface area contributed by atoms with E-state index in [9.17, 15) is 9.59 Å². The number of nitrogens with one attached hydrogen (secondary N) is 1. The molecule has 0 aliphatic rings. The lowest BCUT2D eigenvalue weighted by Crippen LogP contribution is -2.51. The third kappa shape index (κ3) is 8.23. The molecule has 190 valence electrons. The summed E-state index contributed by atoms with van der Waals surface area (Å²) in [5, 5.41) is 2.99. The highest BCUT2D eigenvalue weighted by atomic mass is 79.9. The first-order valence-corrected chi connectivity index (χ1v) is 13.2. The van der Waals surface area contributed by atoms with Gasteiger partial charge in [-0.3, -0.25) is 9.59 Å². The Kier molecular flexibility index (Phi) is 10.6. The quantitative estimate of drug-likeness (QED) is 0.295. The third-order valence-corrected chi connectivity index (χ3v) is 6.52. The Morgan fingerprint density at radius 3 is 2.19 bits per heavy atom. The van der Waals surface area contributed by atoms with Crippen LogP contribution >= 0.6 is 15.9 Å². The second-order valence-electron chi connectivity index (χ2n) is 9.16. The minimum absolute atomic E-state index is 0.149. The average Bonchev–Trinajstić information content (AvgIpc) is 2.89. The van der Waals surface area contributed by atoms with Crippen molar-refractivity contribution in [3.8, 4) is 5.75 Å². The molecule has 0 fully saturated rings. The maximum absolute atomic E-state index is 13.6. The average molecular weight is 552 g/mol. The number of nitrogens with zero attached hydrogens (tertiary/aromatic N) is 1. The summed E-state index contributed by atoms with van der Waals surface area (Å²) < 4.78 is 6.83. The first-order valence-electron chi connectivity index (χ1n) is 12.5. The number of ether oxygens (including phenoxy) is 1. The summed E-state index contributed by atoms with van der Waals surface area (Å²) in [6, 6.07) is 24.7. The van der Waals surface area contributed by atoms with E-state index in [0.717, 1.165) is 22.0 Å². The highest BCUT2D eigenvalue weighted by Crippen LogP contribution is 2.20. The molecule has 1 atom stereocenters. The maximum atomic E-state index is 13.6. The molecule has 6 heteroatoms. The summed E-state index contributed by atoms with van der Waals surface area (Å²) in [6.07, 6.45) is 1.24. The van der Waals surface area contributed by atoms with Crippen LogP contribution in [0.4, 0.5) is 0 Å². The number of hydrogen-bond acceptors (Lipinski definition) is 3. The van der Waals surface area contributed by atoms with Crippen LogP contribution in [0.1, 0.15) is 49.8 Å². The van der Waals surface area contributed by atoms with Crippen molar-refractivity contribution in [3.05, 3.63) is 100 Å². The lowest BCUT2D eigenvalue weighted by molar-refractivity contribution is -0.142.